The predicted octanol–water partition coefficient (Wildman–Crippen LogP) is 4.38. The molecule has 37 heavy (non-hydrogen) atoms. The molecule has 4 rings (SSSR count). The maximum Gasteiger partial charge on any atom is 0.408 e. The Balaban J connectivity index is 1.42. The highest BCUT2D eigenvalue weighted by atomic mass is 16.6. The van der Waals surface area contributed by atoms with E-state index >= 15 is 0 Å². The molecule has 0 unspecified atom stereocenters. The number of carbonyl (C=O) groups is 1. The van der Waals surface area contributed by atoms with Crippen molar-refractivity contribution >= 4 is 29.1 Å². The van der Waals surface area contributed by atoms with Gasteiger partial charge in [0.25, 0.3) is 0 Å². The third-order valence-electron chi connectivity index (χ3n) is 6.56. The molecule has 1 aromatic heterocycles. The molecule has 1 saturated carbocycles. The quantitative estimate of drug-likeness (QED) is 0.331. The van der Waals surface area contributed by atoms with Crippen molar-refractivity contribution in [3.63, 3.8) is 0 Å². The number of nitrogens with one attached hydrogen (secondary N) is 3. The number of nitro groups is 1. The van der Waals surface area contributed by atoms with Crippen molar-refractivity contribution in [2.45, 2.75) is 51.2 Å². The van der Waals surface area contributed by atoms with Crippen LogP contribution in [0.1, 0.15) is 45.6 Å². The molecular formula is C26H36N6O5. The molecule has 0 radical (unpaired) electrons. The normalized spacial score (nSPS) is 17.4. The summed E-state index contributed by atoms with van der Waals surface area (Å²) in [5.41, 5.74) is 0.490. The summed E-state index contributed by atoms with van der Waals surface area (Å²) in [5.74, 6) is 0.729. The van der Waals surface area contributed by atoms with E-state index in [0.717, 1.165) is 57.7 Å². The van der Waals surface area contributed by atoms with Gasteiger partial charge in [-0.1, -0.05) is 12.1 Å². The van der Waals surface area contributed by atoms with E-state index in [1.54, 1.807) is 6.07 Å². The highest BCUT2D eigenvalue weighted by Crippen LogP contribution is 2.42. The van der Waals surface area contributed by atoms with Crippen molar-refractivity contribution in [1.82, 2.24) is 15.2 Å². The number of ether oxygens (including phenoxy) is 2. The van der Waals surface area contributed by atoms with Crippen LogP contribution < -0.4 is 16.0 Å². The van der Waals surface area contributed by atoms with Gasteiger partial charge < -0.3 is 25.4 Å². The summed E-state index contributed by atoms with van der Waals surface area (Å²) in [5, 5.41) is 21.0. The molecule has 0 bridgehead atoms. The molecule has 200 valence electrons. The number of anilines is 3. The van der Waals surface area contributed by atoms with Gasteiger partial charge in [-0.25, -0.2) is 9.78 Å². The van der Waals surface area contributed by atoms with Crippen molar-refractivity contribution in [2.75, 3.05) is 50.0 Å². The number of hydrogen-bond acceptors (Lipinski definition) is 9. The molecular weight excluding hydrogens is 476 g/mol. The Morgan fingerprint density at radius 3 is 2.46 bits per heavy atom. The lowest BCUT2D eigenvalue weighted by molar-refractivity contribution is -0.384. The van der Waals surface area contributed by atoms with Gasteiger partial charge in [0.1, 0.15) is 11.4 Å². The Labute approximate surface area is 217 Å². The lowest BCUT2D eigenvalue weighted by Gasteiger charge is -2.43. The first kappa shape index (κ1) is 26.6. The van der Waals surface area contributed by atoms with Gasteiger partial charge in [0.05, 0.1) is 23.7 Å². The molecule has 3 N–H and O–H groups in total. The van der Waals surface area contributed by atoms with Crippen LogP contribution in [-0.4, -0.2) is 65.9 Å². The zero-order valence-electron chi connectivity index (χ0n) is 21.7. The number of hydrogen-bond donors (Lipinski definition) is 3. The maximum atomic E-state index is 12.4. The summed E-state index contributed by atoms with van der Waals surface area (Å²) in [6, 6.07) is 10.6. The second-order valence-corrected chi connectivity index (χ2v) is 10.5. The number of alkyl carbamates (subject to hydrolysis) is 1. The lowest BCUT2D eigenvalue weighted by Crippen LogP contribution is -2.52. The zero-order chi connectivity index (χ0) is 26.5. The summed E-state index contributed by atoms with van der Waals surface area (Å²) in [6.07, 6.45) is 2.22. The van der Waals surface area contributed by atoms with Gasteiger partial charge in [0.2, 0.25) is 5.82 Å². The largest absolute Gasteiger partial charge is 0.444 e. The Morgan fingerprint density at radius 2 is 1.86 bits per heavy atom. The number of rotatable bonds is 9. The van der Waals surface area contributed by atoms with Crippen LogP contribution in [0, 0.1) is 10.1 Å². The van der Waals surface area contributed by atoms with Crippen LogP contribution in [0.15, 0.2) is 36.4 Å². The molecule has 1 saturated heterocycles. The summed E-state index contributed by atoms with van der Waals surface area (Å²) in [4.78, 5) is 30.3. The molecule has 0 atom stereocenters. The number of pyridine rings is 1. The van der Waals surface area contributed by atoms with Crippen LogP contribution in [0.25, 0.3) is 0 Å². The van der Waals surface area contributed by atoms with E-state index in [9.17, 15) is 14.9 Å². The third-order valence-corrected chi connectivity index (χ3v) is 6.56. The monoisotopic (exact) mass is 512 g/mol. The number of nitrogens with zero attached hydrogens (tertiary/aromatic N) is 3. The minimum atomic E-state index is -0.573. The van der Waals surface area contributed by atoms with E-state index in [-0.39, 0.29) is 11.5 Å². The standard InChI is InChI=1S/C26H36N6O5/c1-25(2,3)37-24(33)30-26(11-4-12-26)19-5-7-20(8-6-19)28-23-21(32(34)35)9-10-22(29-23)27-13-14-31-15-17-36-18-16-31/h5-10H,4,11-18H2,1-3H3,(H,30,33)(H2,27,28,29). The molecule has 11 nitrogen and oxygen atoms in total. The van der Waals surface area contributed by atoms with Crippen LogP contribution in [-0.2, 0) is 15.0 Å². The highest BCUT2D eigenvalue weighted by molar-refractivity contribution is 5.70. The van der Waals surface area contributed by atoms with Crippen molar-refractivity contribution in [2.24, 2.45) is 0 Å². The van der Waals surface area contributed by atoms with E-state index in [1.165, 1.54) is 6.07 Å². The van der Waals surface area contributed by atoms with E-state index in [2.05, 4.69) is 25.8 Å². The molecule has 1 aliphatic heterocycles. The first-order valence-electron chi connectivity index (χ1n) is 12.7. The predicted molar refractivity (Wildman–Crippen MR) is 141 cm³/mol. The van der Waals surface area contributed by atoms with Crippen LogP contribution in [0.4, 0.5) is 27.8 Å². The first-order valence-corrected chi connectivity index (χ1v) is 12.7. The SMILES string of the molecule is CC(C)(C)OC(=O)NC1(c2ccc(Nc3nc(NCCN4CCOCC4)ccc3[N+](=O)[O-])cc2)CCC1. The van der Waals surface area contributed by atoms with Gasteiger partial charge in [-0.15, -0.1) is 0 Å². The van der Waals surface area contributed by atoms with E-state index < -0.39 is 22.2 Å². The molecule has 1 aliphatic carbocycles. The van der Waals surface area contributed by atoms with Crippen molar-refractivity contribution in [3.05, 3.63) is 52.1 Å². The zero-order valence-corrected chi connectivity index (χ0v) is 21.7. The van der Waals surface area contributed by atoms with E-state index in [4.69, 9.17) is 9.47 Å². The molecule has 1 aromatic carbocycles. The smallest absolute Gasteiger partial charge is 0.408 e. The topological polar surface area (TPSA) is 131 Å². The fourth-order valence-corrected chi connectivity index (χ4v) is 4.48. The van der Waals surface area contributed by atoms with Crippen LogP contribution in [0.2, 0.25) is 0 Å². The van der Waals surface area contributed by atoms with Gasteiger partial charge in [0, 0.05) is 37.9 Å². The Kier molecular flexibility index (Phi) is 8.13. The molecule has 11 heteroatoms. The number of amides is 1. The van der Waals surface area contributed by atoms with Gasteiger partial charge in [-0.05, 0) is 63.8 Å². The van der Waals surface area contributed by atoms with Crippen LogP contribution in [0.3, 0.4) is 0 Å². The summed E-state index contributed by atoms with van der Waals surface area (Å²) in [6.45, 7) is 10.3. The second kappa shape index (κ2) is 11.3. The summed E-state index contributed by atoms with van der Waals surface area (Å²) in [7, 11) is 0. The van der Waals surface area contributed by atoms with Gasteiger partial charge >= 0.3 is 11.8 Å². The number of morpholine rings is 1. The van der Waals surface area contributed by atoms with Crippen LogP contribution >= 0.6 is 0 Å². The van der Waals surface area contributed by atoms with Gasteiger partial charge in [-0.3, -0.25) is 15.0 Å². The number of aromatic nitrogens is 1. The first-order chi connectivity index (χ1) is 17.6. The third kappa shape index (κ3) is 7.07. The average Bonchev–Trinajstić information content (AvgIpc) is 2.82. The summed E-state index contributed by atoms with van der Waals surface area (Å²) < 4.78 is 10.8. The van der Waals surface area contributed by atoms with Crippen LogP contribution in [0.5, 0.6) is 0 Å². The minimum absolute atomic E-state index is 0.107. The maximum absolute atomic E-state index is 12.4. The van der Waals surface area contributed by atoms with Crippen molar-refractivity contribution in [1.29, 1.82) is 0 Å². The molecule has 1 amide bonds. The van der Waals surface area contributed by atoms with Crippen molar-refractivity contribution in [3.8, 4) is 0 Å². The Morgan fingerprint density at radius 1 is 1.16 bits per heavy atom. The summed E-state index contributed by atoms with van der Waals surface area (Å²) >= 11 is 0. The second-order valence-electron chi connectivity index (χ2n) is 10.5. The fraction of sp³-hybridized carbons (Fsp3) is 0.538. The van der Waals surface area contributed by atoms with Gasteiger partial charge in [-0.2, -0.15) is 0 Å². The molecule has 2 heterocycles. The number of carbonyl (C=O) groups excluding carboxylic acids is 1. The van der Waals surface area contributed by atoms with E-state index in [0.29, 0.717) is 18.1 Å². The van der Waals surface area contributed by atoms with Crippen molar-refractivity contribution < 1.29 is 19.2 Å². The average molecular weight is 513 g/mol. The number of benzene rings is 1. The van der Waals surface area contributed by atoms with E-state index in [1.807, 2.05) is 45.0 Å². The lowest BCUT2D eigenvalue weighted by atomic mass is 9.72. The molecule has 2 fully saturated rings. The highest BCUT2D eigenvalue weighted by Gasteiger charge is 2.41. The molecule has 2 aliphatic rings. The minimum Gasteiger partial charge on any atom is -0.444 e. The fourth-order valence-electron chi connectivity index (χ4n) is 4.48. The van der Waals surface area contributed by atoms with Gasteiger partial charge in [0.15, 0.2) is 0 Å². The Hall–Kier alpha value is -3.44. The Bertz CT molecular complexity index is 1090. The molecule has 2 aromatic rings. The molecule has 0 spiro atoms.